The van der Waals surface area contributed by atoms with Crippen LogP contribution in [0.3, 0.4) is 0 Å². The number of halogens is 2. The summed E-state index contributed by atoms with van der Waals surface area (Å²) in [5, 5.41) is 18.4. The van der Waals surface area contributed by atoms with E-state index in [2.05, 4.69) is 97.7 Å². The third kappa shape index (κ3) is 6.04. The molecule has 0 aromatic heterocycles. The van der Waals surface area contributed by atoms with Gasteiger partial charge in [-0.25, -0.2) is 0 Å². The minimum Gasteiger partial charge on any atom is -0.490 e. The van der Waals surface area contributed by atoms with Crippen LogP contribution < -0.4 is 9.47 Å². The van der Waals surface area contributed by atoms with E-state index in [1.165, 1.54) is 11.1 Å². The first-order valence-corrected chi connectivity index (χ1v) is 12.3. The minimum absolute atomic E-state index is 0.0199. The van der Waals surface area contributed by atoms with Crippen molar-refractivity contribution in [3.8, 4) is 11.5 Å². The molecule has 172 valence electrons. The van der Waals surface area contributed by atoms with Crippen molar-refractivity contribution in [3.05, 3.63) is 55.5 Å². The summed E-state index contributed by atoms with van der Waals surface area (Å²) in [4.78, 5) is 0. The maximum absolute atomic E-state index is 9.18. The molecule has 2 rings (SSSR count). The van der Waals surface area contributed by atoms with Crippen molar-refractivity contribution < 1.29 is 19.7 Å². The largest absolute Gasteiger partial charge is 0.490 e. The van der Waals surface area contributed by atoms with Gasteiger partial charge in [-0.05, 0) is 78.1 Å². The van der Waals surface area contributed by atoms with Crippen LogP contribution in [0.25, 0.3) is 0 Å². The normalized spacial score (nSPS) is 12.0. The quantitative estimate of drug-likeness (QED) is 0.349. The monoisotopic (exact) mass is 556 g/mol. The Balaban J connectivity index is 2.61. The van der Waals surface area contributed by atoms with Crippen molar-refractivity contribution in [1.29, 1.82) is 0 Å². The first-order valence-electron chi connectivity index (χ1n) is 10.7. The fourth-order valence-corrected chi connectivity index (χ4v) is 4.76. The molecular weight excluding hydrogens is 524 g/mol. The first-order chi connectivity index (χ1) is 14.5. The zero-order valence-electron chi connectivity index (χ0n) is 19.3. The van der Waals surface area contributed by atoms with Crippen molar-refractivity contribution >= 4 is 31.9 Å². The number of hydrogen-bond acceptors (Lipinski definition) is 4. The highest BCUT2D eigenvalue weighted by atomic mass is 79.9. The summed E-state index contributed by atoms with van der Waals surface area (Å²) >= 11 is 7.39. The molecule has 0 radical (unpaired) electrons. The standard InChI is InChI=1S/C25H34Br2O4/c1-15(2)19-11-17(13-21(26)23(19)30-9-7-28)25(5,6)18-12-20(16(3)4)24(22(27)14-18)31-10-8-29/h11-16,28-29H,7-10H2,1-6H3. The van der Waals surface area contributed by atoms with Gasteiger partial charge in [0.2, 0.25) is 0 Å². The predicted octanol–water partition coefficient (Wildman–Crippen LogP) is 6.53. The molecule has 0 saturated carbocycles. The molecule has 31 heavy (non-hydrogen) atoms. The molecule has 0 fully saturated rings. The Morgan fingerprint density at radius 3 is 1.39 bits per heavy atom. The topological polar surface area (TPSA) is 58.9 Å². The van der Waals surface area contributed by atoms with Gasteiger partial charge in [-0.15, -0.1) is 0 Å². The van der Waals surface area contributed by atoms with Crippen LogP contribution in [-0.2, 0) is 5.41 Å². The van der Waals surface area contributed by atoms with E-state index in [0.29, 0.717) is 0 Å². The lowest BCUT2D eigenvalue weighted by Crippen LogP contribution is -2.21. The molecule has 2 aromatic carbocycles. The van der Waals surface area contributed by atoms with Crippen molar-refractivity contribution in [3.63, 3.8) is 0 Å². The van der Waals surface area contributed by atoms with Gasteiger partial charge in [0.15, 0.2) is 0 Å². The maximum atomic E-state index is 9.18. The summed E-state index contributed by atoms with van der Waals surface area (Å²) in [5.41, 5.74) is 4.28. The molecule has 0 bridgehead atoms. The van der Waals surface area contributed by atoms with Crippen molar-refractivity contribution in [2.75, 3.05) is 26.4 Å². The number of aliphatic hydroxyl groups is 2. The van der Waals surface area contributed by atoms with E-state index in [-0.39, 0.29) is 43.7 Å². The van der Waals surface area contributed by atoms with Crippen LogP contribution in [-0.4, -0.2) is 36.6 Å². The second kappa shape index (κ2) is 11.2. The molecule has 0 atom stereocenters. The van der Waals surface area contributed by atoms with E-state index >= 15 is 0 Å². The van der Waals surface area contributed by atoms with Crippen LogP contribution in [0.4, 0.5) is 0 Å². The third-order valence-corrected chi connectivity index (χ3v) is 6.69. The van der Waals surface area contributed by atoms with E-state index in [0.717, 1.165) is 31.6 Å². The Hall–Kier alpha value is -1.08. The zero-order valence-corrected chi connectivity index (χ0v) is 22.4. The average Bonchev–Trinajstić information content (AvgIpc) is 2.70. The fraction of sp³-hybridized carbons (Fsp3) is 0.520. The molecule has 0 heterocycles. The number of rotatable bonds is 10. The molecular formula is C25H34Br2O4. The highest BCUT2D eigenvalue weighted by molar-refractivity contribution is 9.10. The Bertz CT molecular complexity index is 820. The van der Waals surface area contributed by atoms with Crippen LogP contribution in [0.15, 0.2) is 33.2 Å². The first kappa shape index (κ1) is 26.2. The third-order valence-electron chi connectivity index (χ3n) is 5.51. The predicted molar refractivity (Wildman–Crippen MR) is 134 cm³/mol. The molecule has 0 amide bonds. The number of aliphatic hydroxyl groups excluding tert-OH is 2. The fourth-order valence-electron chi connectivity index (χ4n) is 3.58. The van der Waals surface area contributed by atoms with Crippen molar-refractivity contribution in [2.24, 2.45) is 0 Å². The molecule has 0 aliphatic heterocycles. The van der Waals surface area contributed by atoms with Gasteiger partial charge in [-0.3, -0.25) is 0 Å². The van der Waals surface area contributed by atoms with E-state index in [9.17, 15) is 10.2 Å². The summed E-state index contributed by atoms with van der Waals surface area (Å²) in [6.45, 7) is 13.5. The second-order valence-electron chi connectivity index (χ2n) is 8.83. The lowest BCUT2D eigenvalue weighted by atomic mass is 9.76. The summed E-state index contributed by atoms with van der Waals surface area (Å²) in [5.74, 6) is 2.13. The van der Waals surface area contributed by atoms with Gasteiger partial charge < -0.3 is 19.7 Å². The smallest absolute Gasteiger partial charge is 0.137 e. The van der Waals surface area contributed by atoms with E-state index in [4.69, 9.17) is 9.47 Å². The number of ether oxygens (including phenoxy) is 2. The van der Waals surface area contributed by atoms with Gasteiger partial charge in [0.05, 0.1) is 22.2 Å². The highest BCUT2D eigenvalue weighted by Crippen LogP contribution is 2.44. The van der Waals surface area contributed by atoms with Crippen LogP contribution >= 0.6 is 31.9 Å². The summed E-state index contributed by atoms with van der Waals surface area (Å²) in [6.07, 6.45) is 0. The molecule has 2 N–H and O–H groups in total. The van der Waals surface area contributed by atoms with Gasteiger partial charge in [0.25, 0.3) is 0 Å². The van der Waals surface area contributed by atoms with E-state index in [1.807, 2.05) is 0 Å². The molecule has 4 nitrogen and oxygen atoms in total. The Morgan fingerprint density at radius 1 is 0.742 bits per heavy atom. The molecule has 0 spiro atoms. The Kier molecular flexibility index (Phi) is 9.43. The lowest BCUT2D eigenvalue weighted by Gasteiger charge is -2.30. The zero-order chi connectivity index (χ0) is 23.3. The SMILES string of the molecule is CC(C)c1cc(C(C)(C)c2cc(Br)c(OCCO)c(C(C)C)c2)cc(Br)c1OCCO. The van der Waals surface area contributed by atoms with Gasteiger partial charge in [0.1, 0.15) is 24.7 Å². The van der Waals surface area contributed by atoms with Crippen LogP contribution in [0, 0.1) is 0 Å². The molecule has 0 aliphatic carbocycles. The summed E-state index contributed by atoms with van der Waals surface area (Å²) in [7, 11) is 0. The van der Waals surface area contributed by atoms with Gasteiger partial charge >= 0.3 is 0 Å². The van der Waals surface area contributed by atoms with Crippen LogP contribution in [0.2, 0.25) is 0 Å². The maximum Gasteiger partial charge on any atom is 0.137 e. The van der Waals surface area contributed by atoms with Crippen molar-refractivity contribution in [2.45, 2.75) is 58.8 Å². The van der Waals surface area contributed by atoms with E-state index in [1.54, 1.807) is 0 Å². The molecule has 0 unspecified atom stereocenters. The summed E-state index contributed by atoms with van der Waals surface area (Å²) < 4.78 is 13.4. The van der Waals surface area contributed by atoms with Crippen LogP contribution in [0.1, 0.15) is 75.6 Å². The van der Waals surface area contributed by atoms with Crippen LogP contribution in [0.5, 0.6) is 11.5 Å². The van der Waals surface area contributed by atoms with Gasteiger partial charge in [-0.2, -0.15) is 0 Å². The van der Waals surface area contributed by atoms with Gasteiger partial charge in [0, 0.05) is 5.41 Å². The van der Waals surface area contributed by atoms with Crippen molar-refractivity contribution in [1.82, 2.24) is 0 Å². The lowest BCUT2D eigenvalue weighted by molar-refractivity contribution is 0.199. The molecule has 0 saturated heterocycles. The molecule has 0 aliphatic rings. The van der Waals surface area contributed by atoms with Gasteiger partial charge in [-0.1, -0.05) is 53.7 Å². The Labute approximate surface area is 203 Å². The summed E-state index contributed by atoms with van der Waals surface area (Å²) in [6, 6.07) is 8.64. The highest BCUT2D eigenvalue weighted by Gasteiger charge is 2.28. The Morgan fingerprint density at radius 2 is 1.10 bits per heavy atom. The molecule has 2 aromatic rings. The second-order valence-corrected chi connectivity index (χ2v) is 10.5. The minimum atomic E-state index is -0.274. The number of benzene rings is 2. The average molecular weight is 558 g/mol. The molecule has 6 heteroatoms. The van der Waals surface area contributed by atoms with E-state index < -0.39 is 0 Å². The number of hydrogen-bond donors (Lipinski definition) is 2.